The minimum absolute atomic E-state index is 0.239. The number of benzene rings is 2. The van der Waals surface area contributed by atoms with Crippen LogP contribution in [0.2, 0.25) is 0 Å². The molecule has 0 spiro atoms. The quantitative estimate of drug-likeness (QED) is 0.764. The fourth-order valence-electron chi connectivity index (χ4n) is 2.36. The molecule has 0 aliphatic rings. The van der Waals surface area contributed by atoms with Crippen molar-refractivity contribution in [1.82, 2.24) is 9.55 Å². The van der Waals surface area contributed by atoms with Crippen molar-refractivity contribution in [3.63, 3.8) is 0 Å². The van der Waals surface area contributed by atoms with Gasteiger partial charge >= 0.3 is 0 Å². The van der Waals surface area contributed by atoms with Gasteiger partial charge in [-0.2, -0.15) is 0 Å². The van der Waals surface area contributed by atoms with Crippen LogP contribution in [0.15, 0.2) is 42.5 Å². The monoisotopic (exact) mass is 255 g/mol. The van der Waals surface area contributed by atoms with Crippen LogP contribution in [-0.2, 0) is 6.54 Å². The molecule has 0 bridgehead atoms. The van der Waals surface area contributed by atoms with E-state index in [9.17, 15) is 4.39 Å². The molecular weight excluding hydrogens is 241 g/mol. The van der Waals surface area contributed by atoms with Crippen LogP contribution in [0.25, 0.3) is 11.0 Å². The summed E-state index contributed by atoms with van der Waals surface area (Å²) in [6.45, 7) is 2.54. The third-order valence-electron chi connectivity index (χ3n) is 3.23. The maximum Gasteiger partial charge on any atom is 0.201 e. The molecule has 1 heterocycles. The van der Waals surface area contributed by atoms with Crippen molar-refractivity contribution in [2.45, 2.75) is 13.5 Å². The standard InChI is InChI=1S/C15H14FN3/c1-10-4-2-7-13-14(10)19(15(17)18-13)9-11-5-3-6-12(16)8-11/h2-8H,9H2,1H3,(H2,17,18). The summed E-state index contributed by atoms with van der Waals surface area (Å²) >= 11 is 0. The van der Waals surface area contributed by atoms with Crippen molar-refractivity contribution in [3.05, 3.63) is 59.4 Å². The number of imidazole rings is 1. The topological polar surface area (TPSA) is 43.8 Å². The molecule has 0 fully saturated rings. The van der Waals surface area contributed by atoms with Gasteiger partial charge in [-0.1, -0.05) is 24.3 Å². The molecule has 0 radical (unpaired) electrons. The van der Waals surface area contributed by atoms with Crippen LogP contribution in [-0.4, -0.2) is 9.55 Å². The van der Waals surface area contributed by atoms with E-state index in [1.807, 2.05) is 35.8 Å². The van der Waals surface area contributed by atoms with Crippen molar-refractivity contribution in [2.24, 2.45) is 0 Å². The lowest BCUT2D eigenvalue weighted by molar-refractivity contribution is 0.624. The molecule has 0 aliphatic carbocycles. The molecule has 19 heavy (non-hydrogen) atoms. The number of para-hydroxylation sites is 1. The Morgan fingerprint density at radius 3 is 2.79 bits per heavy atom. The number of nitrogens with two attached hydrogens (primary N) is 1. The fourth-order valence-corrected chi connectivity index (χ4v) is 2.36. The van der Waals surface area contributed by atoms with Crippen molar-refractivity contribution in [2.75, 3.05) is 5.73 Å². The molecule has 1 aromatic heterocycles. The second kappa shape index (κ2) is 4.39. The van der Waals surface area contributed by atoms with Gasteiger partial charge < -0.3 is 10.3 Å². The van der Waals surface area contributed by atoms with Gasteiger partial charge in [-0.3, -0.25) is 0 Å². The highest BCUT2D eigenvalue weighted by Gasteiger charge is 2.10. The Bertz CT molecular complexity index is 746. The molecule has 0 saturated carbocycles. The largest absolute Gasteiger partial charge is 0.369 e. The molecule has 0 saturated heterocycles. The number of hydrogen-bond donors (Lipinski definition) is 1. The van der Waals surface area contributed by atoms with Crippen LogP contribution in [0, 0.1) is 12.7 Å². The summed E-state index contributed by atoms with van der Waals surface area (Å²) in [5, 5.41) is 0. The average molecular weight is 255 g/mol. The van der Waals surface area contributed by atoms with E-state index >= 15 is 0 Å². The summed E-state index contributed by atoms with van der Waals surface area (Å²) in [5.74, 6) is 0.214. The second-order valence-corrected chi connectivity index (χ2v) is 4.63. The van der Waals surface area contributed by atoms with E-state index in [1.54, 1.807) is 6.07 Å². The number of aromatic nitrogens is 2. The van der Waals surface area contributed by atoms with E-state index in [-0.39, 0.29) is 5.82 Å². The molecule has 2 N–H and O–H groups in total. The number of aryl methyl sites for hydroxylation is 1. The lowest BCUT2D eigenvalue weighted by Gasteiger charge is -2.08. The second-order valence-electron chi connectivity index (χ2n) is 4.63. The molecule has 3 nitrogen and oxygen atoms in total. The number of hydrogen-bond acceptors (Lipinski definition) is 2. The molecule has 2 aromatic carbocycles. The summed E-state index contributed by atoms with van der Waals surface area (Å²) in [7, 11) is 0. The summed E-state index contributed by atoms with van der Waals surface area (Å²) in [4.78, 5) is 4.34. The Labute approximate surface area is 110 Å². The Morgan fingerprint density at radius 1 is 1.21 bits per heavy atom. The fraction of sp³-hybridized carbons (Fsp3) is 0.133. The van der Waals surface area contributed by atoms with Gasteiger partial charge in [0.25, 0.3) is 0 Å². The number of nitrogens with zero attached hydrogens (tertiary/aromatic N) is 2. The first-order valence-electron chi connectivity index (χ1n) is 6.11. The molecular formula is C15H14FN3. The first kappa shape index (κ1) is 11.7. The predicted octanol–water partition coefficient (Wildman–Crippen LogP) is 3.11. The van der Waals surface area contributed by atoms with Crippen molar-refractivity contribution in [3.8, 4) is 0 Å². The van der Waals surface area contributed by atoms with Crippen LogP contribution >= 0.6 is 0 Å². The summed E-state index contributed by atoms with van der Waals surface area (Å²) < 4.78 is 15.1. The van der Waals surface area contributed by atoms with Crippen LogP contribution < -0.4 is 5.73 Å². The molecule has 3 aromatic rings. The molecule has 96 valence electrons. The van der Waals surface area contributed by atoms with Crippen molar-refractivity contribution >= 4 is 17.0 Å². The summed E-state index contributed by atoms with van der Waals surface area (Å²) in [5.41, 5.74) is 9.82. The number of rotatable bonds is 2. The van der Waals surface area contributed by atoms with E-state index in [4.69, 9.17) is 5.73 Å². The number of nitrogen functional groups attached to an aromatic ring is 1. The van der Waals surface area contributed by atoms with E-state index < -0.39 is 0 Å². The minimum Gasteiger partial charge on any atom is -0.369 e. The molecule has 0 aliphatic heterocycles. The Hall–Kier alpha value is -2.36. The van der Waals surface area contributed by atoms with Gasteiger partial charge in [0, 0.05) is 0 Å². The Kier molecular flexibility index (Phi) is 2.71. The Morgan fingerprint density at radius 2 is 2.00 bits per heavy atom. The molecule has 0 amide bonds. The van der Waals surface area contributed by atoms with E-state index in [2.05, 4.69) is 4.98 Å². The average Bonchev–Trinajstić information content (AvgIpc) is 2.67. The molecule has 4 heteroatoms. The van der Waals surface area contributed by atoms with Gasteiger partial charge in [-0.15, -0.1) is 0 Å². The van der Waals surface area contributed by atoms with E-state index in [0.717, 1.165) is 22.2 Å². The van der Waals surface area contributed by atoms with Crippen LogP contribution in [0.4, 0.5) is 10.3 Å². The van der Waals surface area contributed by atoms with Gasteiger partial charge in [0.15, 0.2) is 0 Å². The van der Waals surface area contributed by atoms with Gasteiger partial charge in [-0.05, 0) is 36.2 Å². The third-order valence-corrected chi connectivity index (χ3v) is 3.23. The highest BCUT2D eigenvalue weighted by molar-refractivity contribution is 5.81. The minimum atomic E-state index is -0.239. The normalized spacial score (nSPS) is 11.1. The van der Waals surface area contributed by atoms with Crippen molar-refractivity contribution < 1.29 is 4.39 Å². The van der Waals surface area contributed by atoms with Crippen LogP contribution in [0.3, 0.4) is 0 Å². The molecule has 0 atom stereocenters. The molecule has 3 rings (SSSR count). The van der Waals surface area contributed by atoms with Crippen LogP contribution in [0.1, 0.15) is 11.1 Å². The Balaban J connectivity index is 2.12. The smallest absolute Gasteiger partial charge is 0.201 e. The summed E-state index contributed by atoms with van der Waals surface area (Å²) in [6, 6.07) is 12.4. The van der Waals surface area contributed by atoms with Crippen molar-refractivity contribution in [1.29, 1.82) is 0 Å². The first-order valence-corrected chi connectivity index (χ1v) is 6.11. The lowest BCUT2D eigenvalue weighted by Crippen LogP contribution is -2.05. The van der Waals surface area contributed by atoms with E-state index in [0.29, 0.717) is 12.5 Å². The zero-order valence-electron chi connectivity index (χ0n) is 10.6. The SMILES string of the molecule is Cc1cccc2nc(N)n(Cc3cccc(F)c3)c12. The van der Waals surface area contributed by atoms with Gasteiger partial charge in [0.1, 0.15) is 5.82 Å². The number of fused-ring (bicyclic) bond motifs is 1. The highest BCUT2D eigenvalue weighted by atomic mass is 19.1. The highest BCUT2D eigenvalue weighted by Crippen LogP contribution is 2.22. The number of anilines is 1. The molecule has 0 unspecified atom stereocenters. The maximum absolute atomic E-state index is 13.2. The van der Waals surface area contributed by atoms with Crippen LogP contribution in [0.5, 0.6) is 0 Å². The maximum atomic E-state index is 13.2. The summed E-state index contributed by atoms with van der Waals surface area (Å²) in [6.07, 6.45) is 0. The zero-order chi connectivity index (χ0) is 13.4. The first-order chi connectivity index (χ1) is 9.15. The predicted molar refractivity (Wildman–Crippen MR) is 74.4 cm³/mol. The zero-order valence-corrected chi connectivity index (χ0v) is 10.6. The van der Waals surface area contributed by atoms with Gasteiger partial charge in [0.05, 0.1) is 17.6 Å². The third kappa shape index (κ3) is 2.05. The lowest BCUT2D eigenvalue weighted by atomic mass is 10.2. The number of halogens is 1. The van der Waals surface area contributed by atoms with Gasteiger partial charge in [0.2, 0.25) is 5.95 Å². The van der Waals surface area contributed by atoms with Gasteiger partial charge in [-0.25, -0.2) is 9.37 Å². The van der Waals surface area contributed by atoms with E-state index in [1.165, 1.54) is 12.1 Å².